The third kappa shape index (κ3) is 3.37. The van der Waals surface area contributed by atoms with Crippen LogP contribution in [0.4, 0.5) is 4.79 Å². The molecule has 6 heteroatoms. The summed E-state index contributed by atoms with van der Waals surface area (Å²) in [5, 5.41) is 0. The Balaban J connectivity index is 1.66. The van der Waals surface area contributed by atoms with Crippen molar-refractivity contribution in [2.24, 2.45) is 5.92 Å². The van der Waals surface area contributed by atoms with E-state index in [0.29, 0.717) is 11.8 Å². The minimum atomic E-state index is -0.470. The quantitative estimate of drug-likeness (QED) is 0.799. The molecule has 1 saturated heterocycles. The summed E-state index contributed by atoms with van der Waals surface area (Å²) in [5.74, 6) is 1.10. The first-order chi connectivity index (χ1) is 10.3. The molecule has 22 heavy (non-hydrogen) atoms. The number of pyridine rings is 1. The van der Waals surface area contributed by atoms with Crippen molar-refractivity contribution in [2.45, 2.75) is 51.4 Å². The highest BCUT2D eigenvalue weighted by molar-refractivity contribution is 9.10. The molecule has 1 aromatic heterocycles. The van der Waals surface area contributed by atoms with Gasteiger partial charge in [0.15, 0.2) is 0 Å². The zero-order valence-electron chi connectivity index (χ0n) is 13.1. The maximum absolute atomic E-state index is 12.3. The van der Waals surface area contributed by atoms with Crippen molar-refractivity contribution >= 4 is 22.0 Å². The second kappa shape index (κ2) is 5.72. The van der Waals surface area contributed by atoms with E-state index in [1.807, 2.05) is 37.8 Å². The lowest BCUT2D eigenvalue weighted by Gasteiger charge is -2.34. The summed E-state index contributed by atoms with van der Waals surface area (Å²) in [6.07, 6.45) is 3.44. The average molecular weight is 369 g/mol. The van der Waals surface area contributed by atoms with Crippen LogP contribution >= 0.6 is 15.9 Å². The number of piperidine rings is 1. The molecule has 0 aromatic carbocycles. The van der Waals surface area contributed by atoms with Gasteiger partial charge in [0.1, 0.15) is 11.7 Å². The Hall–Kier alpha value is -1.30. The molecule has 3 unspecified atom stereocenters. The van der Waals surface area contributed by atoms with Crippen LogP contribution in [0.25, 0.3) is 0 Å². The number of hydrogen-bond acceptors (Lipinski definition) is 4. The van der Waals surface area contributed by atoms with Gasteiger partial charge in [-0.2, -0.15) is 0 Å². The molecule has 1 aliphatic carbocycles. The number of amides is 1. The molecule has 2 fully saturated rings. The number of rotatable bonds is 2. The van der Waals surface area contributed by atoms with E-state index in [9.17, 15) is 4.79 Å². The number of fused-ring (bicyclic) bond motifs is 2. The van der Waals surface area contributed by atoms with Crippen LogP contribution in [0.1, 0.15) is 33.6 Å². The summed E-state index contributed by atoms with van der Waals surface area (Å²) >= 11 is 3.36. The monoisotopic (exact) mass is 368 g/mol. The van der Waals surface area contributed by atoms with Crippen molar-refractivity contribution < 1.29 is 14.3 Å². The van der Waals surface area contributed by atoms with Crippen molar-refractivity contribution in [3.8, 4) is 5.88 Å². The van der Waals surface area contributed by atoms with Crippen LogP contribution in [0.5, 0.6) is 5.88 Å². The fourth-order valence-corrected chi connectivity index (χ4v) is 3.44. The molecule has 0 radical (unpaired) electrons. The lowest BCUT2D eigenvalue weighted by Crippen LogP contribution is -2.48. The van der Waals surface area contributed by atoms with Gasteiger partial charge in [-0.05, 0) is 61.5 Å². The van der Waals surface area contributed by atoms with Crippen LogP contribution in [0.15, 0.2) is 22.8 Å². The van der Waals surface area contributed by atoms with Gasteiger partial charge in [-0.3, -0.25) is 0 Å². The normalized spacial score (nSPS) is 27.1. The molecule has 1 amide bonds. The van der Waals surface area contributed by atoms with Gasteiger partial charge in [0, 0.05) is 23.3 Å². The minimum Gasteiger partial charge on any atom is -0.472 e. The van der Waals surface area contributed by atoms with Gasteiger partial charge in [-0.15, -0.1) is 0 Å². The number of likely N-dealkylation sites (tertiary alicyclic amines) is 1. The first-order valence-corrected chi connectivity index (χ1v) is 8.39. The van der Waals surface area contributed by atoms with Crippen LogP contribution in [0.3, 0.4) is 0 Å². The maximum atomic E-state index is 12.3. The van der Waals surface area contributed by atoms with E-state index < -0.39 is 5.60 Å². The molecule has 5 nitrogen and oxygen atoms in total. The fourth-order valence-electron chi connectivity index (χ4n) is 3.21. The smallest absolute Gasteiger partial charge is 0.410 e. The largest absolute Gasteiger partial charge is 0.472 e. The molecular formula is C16H21BrN2O3. The van der Waals surface area contributed by atoms with Gasteiger partial charge in [-0.25, -0.2) is 9.78 Å². The van der Waals surface area contributed by atoms with Crippen LogP contribution in [0.2, 0.25) is 0 Å². The predicted molar refractivity (Wildman–Crippen MR) is 85.8 cm³/mol. The van der Waals surface area contributed by atoms with Gasteiger partial charge < -0.3 is 14.4 Å². The van der Waals surface area contributed by atoms with E-state index in [-0.39, 0.29) is 18.2 Å². The summed E-state index contributed by atoms with van der Waals surface area (Å²) in [6.45, 7) is 6.43. The van der Waals surface area contributed by atoms with Crippen LogP contribution in [0, 0.1) is 5.92 Å². The van der Waals surface area contributed by atoms with Crippen molar-refractivity contribution in [2.75, 3.05) is 6.54 Å². The number of ether oxygens (including phenoxy) is 2. The molecule has 0 spiro atoms. The highest BCUT2D eigenvalue weighted by atomic mass is 79.9. The average Bonchev–Trinajstić information content (AvgIpc) is 2.99. The first kappa shape index (κ1) is 15.6. The molecule has 1 saturated carbocycles. The number of aromatic nitrogens is 1. The standard InChI is InChI=1S/C16H21BrN2O3/c1-16(2,3)22-15(20)19-9-10-6-12(19)13(7-10)21-14-5-4-11(17)8-18-14/h4-5,8,10,12-13H,6-7,9H2,1-3H3. The summed E-state index contributed by atoms with van der Waals surface area (Å²) in [4.78, 5) is 18.4. The van der Waals surface area contributed by atoms with E-state index >= 15 is 0 Å². The van der Waals surface area contributed by atoms with Gasteiger partial charge in [0.2, 0.25) is 5.88 Å². The van der Waals surface area contributed by atoms with Crippen LogP contribution in [-0.4, -0.2) is 40.3 Å². The van der Waals surface area contributed by atoms with Gasteiger partial charge >= 0.3 is 6.09 Å². The van der Waals surface area contributed by atoms with Crippen molar-refractivity contribution in [1.82, 2.24) is 9.88 Å². The SMILES string of the molecule is CC(C)(C)OC(=O)N1CC2CC(Oc3ccc(Br)cn3)C1C2. The zero-order chi connectivity index (χ0) is 15.9. The number of hydrogen-bond donors (Lipinski definition) is 0. The molecule has 2 bridgehead atoms. The lowest BCUT2D eigenvalue weighted by atomic mass is 10.1. The second-order valence-electron chi connectivity index (χ2n) is 7.01. The van der Waals surface area contributed by atoms with Gasteiger partial charge in [-0.1, -0.05) is 0 Å². The highest BCUT2D eigenvalue weighted by Crippen LogP contribution is 2.40. The van der Waals surface area contributed by atoms with Crippen LogP contribution in [-0.2, 0) is 4.74 Å². The van der Waals surface area contributed by atoms with Gasteiger partial charge in [0.05, 0.1) is 6.04 Å². The third-order valence-corrected chi connectivity index (χ3v) is 4.49. The Labute approximate surface area is 139 Å². The molecule has 120 valence electrons. The highest BCUT2D eigenvalue weighted by Gasteiger charge is 2.49. The lowest BCUT2D eigenvalue weighted by molar-refractivity contribution is 0.00213. The van der Waals surface area contributed by atoms with Crippen molar-refractivity contribution in [1.29, 1.82) is 0 Å². The minimum absolute atomic E-state index is 0.0000520. The van der Waals surface area contributed by atoms with Crippen molar-refractivity contribution in [3.05, 3.63) is 22.8 Å². The predicted octanol–water partition coefficient (Wildman–Crippen LogP) is 3.62. The molecule has 3 rings (SSSR count). The number of nitrogens with zero attached hydrogens (tertiary/aromatic N) is 2. The molecule has 3 atom stereocenters. The third-order valence-electron chi connectivity index (χ3n) is 4.03. The topological polar surface area (TPSA) is 51.7 Å². The summed E-state index contributed by atoms with van der Waals surface area (Å²) in [6, 6.07) is 3.83. The summed E-state index contributed by atoms with van der Waals surface area (Å²) in [7, 11) is 0. The number of halogens is 1. The first-order valence-electron chi connectivity index (χ1n) is 7.59. The Kier molecular flexibility index (Phi) is 4.05. The van der Waals surface area contributed by atoms with Gasteiger partial charge in [0.25, 0.3) is 0 Å². The van der Waals surface area contributed by atoms with E-state index in [1.165, 1.54) is 0 Å². The van der Waals surface area contributed by atoms with E-state index in [0.717, 1.165) is 23.9 Å². The van der Waals surface area contributed by atoms with Crippen molar-refractivity contribution in [3.63, 3.8) is 0 Å². The maximum Gasteiger partial charge on any atom is 0.410 e. The Morgan fingerprint density at radius 2 is 2.14 bits per heavy atom. The Bertz CT molecular complexity index is 556. The summed E-state index contributed by atoms with van der Waals surface area (Å²) in [5.41, 5.74) is -0.470. The zero-order valence-corrected chi connectivity index (χ0v) is 14.7. The number of carbonyl (C=O) groups excluding carboxylic acids is 1. The van der Waals surface area contributed by atoms with E-state index in [4.69, 9.17) is 9.47 Å². The number of carbonyl (C=O) groups is 1. The molecular weight excluding hydrogens is 348 g/mol. The van der Waals surface area contributed by atoms with E-state index in [2.05, 4.69) is 20.9 Å². The fraction of sp³-hybridized carbons (Fsp3) is 0.625. The Morgan fingerprint density at radius 3 is 2.73 bits per heavy atom. The summed E-state index contributed by atoms with van der Waals surface area (Å²) < 4.78 is 12.4. The molecule has 2 aliphatic rings. The van der Waals surface area contributed by atoms with Crippen LogP contribution < -0.4 is 4.74 Å². The molecule has 1 aliphatic heterocycles. The Morgan fingerprint density at radius 1 is 1.36 bits per heavy atom. The molecule has 2 heterocycles. The van der Waals surface area contributed by atoms with E-state index in [1.54, 1.807) is 6.20 Å². The molecule has 0 N–H and O–H groups in total. The second-order valence-corrected chi connectivity index (χ2v) is 7.92. The molecule has 1 aromatic rings.